The molecule has 1 aliphatic carbocycles. The zero-order valence-corrected chi connectivity index (χ0v) is 10.3. The summed E-state index contributed by atoms with van der Waals surface area (Å²) < 4.78 is 18.2. The highest BCUT2D eigenvalue weighted by atomic mass is 19.1. The van der Waals surface area contributed by atoms with Gasteiger partial charge in [-0.05, 0) is 30.5 Å². The molecule has 0 spiro atoms. The Bertz CT molecular complexity index is 609. The van der Waals surface area contributed by atoms with E-state index in [0.717, 1.165) is 18.4 Å². The van der Waals surface area contributed by atoms with Crippen molar-refractivity contribution in [1.29, 1.82) is 0 Å². The minimum Gasteiger partial charge on any atom is -0.339 e. The van der Waals surface area contributed by atoms with Crippen molar-refractivity contribution in [3.8, 4) is 0 Å². The summed E-state index contributed by atoms with van der Waals surface area (Å²) >= 11 is 0. The summed E-state index contributed by atoms with van der Waals surface area (Å²) in [5.74, 6) is 0.524. The van der Waals surface area contributed by atoms with Crippen LogP contribution < -0.4 is 0 Å². The summed E-state index contributed by atoms with van der Waals surface area (Å²) in [6.07, 6.45) is 2.65. The van der Waals surface area contributed by atoms with Gasteiger partial charge in [0, 0.05) is 12.8 Å². The molecule has 1 aromatic carbocycles. The largest absolute Gasteiger partial charge is 0.339 e. The summed E-state index contributed by atoms with van der Waals surface area (Å²) in [4.78, 5) is 15.9. The smallest absolute Gasteiger partial charge is 0.237 e. The molecule has 0 bridgehead atoms. The minimum absolute atomic E-state index is 0.168. The molecule has 1 aromatic heterocycles. The first-order chi connectivity index (χ1) is 9.22. The first-order valence-corrected chi connectivity index (χ1v) is 6.32. The normalized spacial score (nSPS) is 19.0. The van der Waals surface area contributed by atoms with Crippen molar-refractivity contribution in [3.63, 3.8) is 0 Å². The lowest BCUT2D eigenvalue weighted by atomic mass is 10.1. The standard InChI is InChI=1S/C14H13FN2O2/c15-10-4-1-3-9(7-10)8-13-16-14(19-17-13)11-5-2-6-12(11)18/h1,3-4,7,11H,2,5-6,8H2. The molecule has 1 saturated carbocycles. The van der Waals surface area contributed by atoms with Crippen molar-refractivity contribution in [2.45, 2.75) is 31.6 Å². The maximum Gasteiger partial charge on any atom is 0.237 e. The van der Waals surface area contributed by atoms with E-state index in [9.17, 15) is 9.18 Å². The number of hydrogen-bond donors (Lipinski definition) is 0. The van der Waals surface area contributed by atoms with Gasteiger partial charge in [0.2, 0.25) is 5.89 Å². The van der Waals surface area contributed by atoms with Gasteiger partial charge in [0.25, 0.3) is 0 Å². The molecule has 1 unspecified atom stereocenters. The molecule has 19 heavy (non-hydrogen) atoms. The number of halogens is 1. The van der Waals surface area contributed by atoms with Gasteiger partial charge in [0.05, 0.1) is 5.92 Å². The molecule has 0 N–H and O–H groups in total. The highest BCUT2D eigenvalue weighted by molar-refractivity contribution is 5.86. The Morgan fingerprint density at radius 3 is 3.05 bits per heavy atom. The van der Waals surface area contributed by atoms with Crippen LogP contribution in [0, 0.1) is 5.82 Å². The number of aromatic nitrogens is 2. The number of Topliss-reactive ketones (excluding diaryl/α,β-unsaturated/α-hetero) is 1. The van der Waals surface area contributed by atoms with Gasteiger partial charge in [0.1, 0.15) is 11.6 Å². The van der Waals surface area contributed by atoms with E-state index in [0.29, 0.717) is 24.6 Å². The van der Waals surface area contributed by atoms with Gasteiger partial charge in [0.15, 0.2) is 5.82 Å². The van der Waals surface area contributed by atoms with E-state index in [1.54, 1.807) is 12.1 Å². The third-order valence-corrected chi connectivity index (χ3v) is 3.34. The quantitative estimate of drug-likeness (QED) is 0.851. The summed E-state index contributed by atoms with van der Waals surface area (Å²) in [5, 5.41) is 3.86. The highest BCUT2D eigenvalue weighted by Gasteiger charge is 2.30. The number of hydrogen-bond acceptors (Lipinski definition) is 4. The number of benzene rings is 1. The van der Waals surface area contributed by atoms with Crippen LogP contribution in [0.2, 0.25) is 0 Å². The second kappa shape index (κ2) is 4.91. The Labute approximate surface area is 109 Å². The number of carbonyl (C=O) groups excluding carboxylic acids is 1. The van der Waals surface area contributed by atoms with Crippen LogP contribution in [0.3, 0.4) is 0 Å². The molecule has 1 atom stereocenters. The SMILES string of the molecule is O=C1CCCC1c1nc(Cc2cccc(F)c2)no1. The van der Waals surface area contributed by atoms with Crippen LogP contribution in [-0.2, 0) is 11.2 Å². The highest BCUT2D eigenvalue weighted by Crippen LogP contribution is 2.30. The molecule has 0 saturated heterocycles. The van der Waals surface area contributed by atoms with Crippen molar-refractivity contribution in [2.24, 2.45) is 0 Å². The fraction of sp³-hybridized carbons (Fsp3) is 0.357. The molecule has 1 aliphatic rings. The van der Waals surface area contributed by atoms with E-state index >= 15 is 0 Å². The molecule has 4 nitrogen and oxygen atoms in total. The van der Waals surface area contributed by atoms with Crippen LogP contribution in [0.4, 0.5) is 4.39 Å². The molecule has 98 valence electrons. The number of nitrogens with zero attached hydrogens (tertiary/aromatic N) is 2. The Morgan fingerprint density at radius 2 is 2.32 bits per heavy atom. The molecule has 1 heterocycles. The summed E-state index contributed by atoms with van der Waals surface area (Å²) in [6.45, 7) is 0. The van der Waals surface area contributed by atoms with Crippen LogP contribution in [0.1, 0.15) is 42.5 Å². The topological polar surface area (TPSA) is 56.0 Å². The van der Waals surface area contributed by atoms with Crippen LogP contribution in [-0.4, -0.2) is 15.9 Å². The maximum atomic E-state index is 13.1. The minimum atomic E-state index is -0.285. The lowest BCUT2D eigenvalue weighted by molar-refractivity contribution is -0.119. The summed E-state index contributed by atoms with van der Waals surface area (Å²) in [7, 11) is 0. The Kier molecular flexibility index (Phi) is 3.11. The van der Waals surface area contributed by atoms with E-state index in [2.05, 4.69) is 10.1 Å². The lowest BCUT2D eigenvalue weighted by Gasteiger charge is -1.99. The van der Waals surface area contributed by atoms with Crippen molar-refractivity contribution in [3.05, 3.63) is 47.4 Å². The van der Waals surface area contributed by atoms with Crippen molar-refractivity contribution >= 4 is 5.78 Å². The monoisotopic (exact) mass is 260 g/mol. The summed E-state index contributed by atoms with van der Waals surface area (Å²) in [5.41, 5.74) is 0.782. The molecular formula is C14H13FN2O2. The number of ketones is 1. The average molecular weight is 260 g/mol. The van der Waals surface area contributed by atoms with E-state index in [-0.39, 0.29) is 17.5 Å². The van der Waals surface area contributed by atoms with Crippen LogP contribution in [0.25, 0.3) is 0 Å². The van der Waals surface area contributed by atoms with E-state index in [1.807, 2.05) is 0 Å². The lowest BCUT2D eigenvalue weighted by Crippen LogP contribution is -2.04. The van der Waals surface area contributed by atoms with Gasteiger partial charge in [-0.1, -0.05) is 17.3 Å². The van der Waals surface area contributed by atoms with Gasteiger partial charge in [-0.2, -0.15) is 4.98 Å². The molecule has 0 amide bonds. The van der Waals surface area contributed by atoms with Gasteiger partial charge in [-0.3, -0.25) is 4.79 Å². The van der Waals surface area contributed by atoms with Gasteiger partial charge < -0.3 is 4.52 Å². The van der Waals surface area contributed by atoms with Crippen molar-refractivity contribution in [2.75, 3.05) is 0 Å². The molecule has 0 aliphatic heterocycles. The van der Waals surface area contributed by atoms with E-state index < -0.39 is 0 Å². The number of carbonyl (C=O) groups is 1. The Balaban J connectivity index is 1.76. The average Bonchev–Trinajstić information content (AvgIpc) is 2.98. The Hall–Kier alpha value is -2.04. The first-order valence-electron chi connectivity index (χ1n) is 6.32. The van der Waals surface area contributed by atoms with E-state index in [1.165, 1.54) is 12.1 Å². The van der Waals surface area contributed by atoms with Crippen molar-refractivity contribution in [1.82, 2.24) is 10.1 Å². The molecule has 1 fully saturated rings. The third-order valence-electron chi connectivity index (χ3n) is 3.34. The first kappa shape index (κ1) is 12.0. The predicted octanol–water partition coefficient (Wildman–Crippen LogP) is 2.64. The summed E-state index contributed by atoms with van der Waals surface area (Å²) in [6, 6.07) is 6.28. The molecule has 2 aromatic rings. The number of rotatable bonds is 3. The maximum absolute atomic E-state index is 13.1. The molecule has 3 rings (SSSR count). The molecule has 0 radical (unpaired) electrons. The van der Waals surface area contributed by atoms with Gasteiger partial charge in [-0.25, -0.2) is 4.39 Å². The Morgan fingerprint density at radius 1 is 1.42 bits per heavy atom. The van der Waals surface area contributed by atoms with Crippen LogP contribution in [0.5, 0.6) is 0 Å². The van der Waals surface area contributed by atoms with E-state index in [4.69, 9.17) is 4.52 Å². The third kappa shape index (κ3) is 2.54. The van der Waals surface area contributed by atoms with Gasteiger partial charge >= 0.3 is 0 Å². The predicted molar refractivity (Wildman–Crippen MR) is 65.1 cm³/mol. The second-order valence-electron chi connectivity index (χ2n) is 4.77. The zero-order chi connectivity index (χ0) is 13.2. The molecule has 5 heteroatoms. The van der Waals surface area contributed by atoms with Crippen molar-refractivity contribution < 1.29 is 13.7 Å². The zero-order valence-electron chi connectivity index (χ0n) is 10.3. The van der Waals surface area contributed by atoms with Crippen LogP contribution >= 0.6 is 0 Å². The second-order valence-corrected chi connectivity index (χ2v) is 4.77. The fourth-order valence-electron chi connectivity index (χ4n) is 2.39. The van der Waals surface area contributed by atoms with Crippen LogP contribution in [0.15, 0.2) is 28.8 Å². The molecular weight excluding hydrogens is 247 g/mol. The van der Waals surface area contributed by atoms with Gasteiger partial charge in [-0.15, -0.1) is 0 Å². The fourth-order valence-corrected chi connectivity index (χ4v) is 2.39.